The maximum absolute atomic E-state index is 5.57. The van der Waals surface area contributed by atoms with Gasteiger partial charge in [-0.3, -0.25) is 0 Å². The Morgan fingerprint density at radius 1 is 1.21 bits per heavy atom. The average molecular weight is 266 g/mol. The molecule has 1 saturated heterocycles. The van der Waals surface area contributed by atoms with Crippen molar-refractivity contribution in [1.29, 1.82) is 0 Å². The van der Waals surface area contributed by atoms with E-state index in [4.69, 9.17) is 18.9 Å². The highest BCUT2D eigenvalue weighted by Crippen LogP contribution is 2.16. The molecular weight excluding hydrogens is 244 g/mol. The fourth-order valence-corrected chi connectivity index (χ4v) is 1.57. The van der Waals surface area contributed by atoms with Gasteiger partial charge in [-0.15, -0.1) is 0 Å². The summed E-state index contributed by atoms with van der Waals surface area (Å²) in [6.45, 7) is 7.37. The Labute approximate surface area is 114 Å². The molecule has 0 unspecified atom stereocenters. The summed E-state index contributed by atoms with van der Waals surface area (Å²) in [6, 6.07) is 7.97. The fraction of sp³-hybridized carbons (Fsp3) is 0.600. The molecule has 4 nitrogen and oxygen atoms in total. The van der Waals surface area contributed by atoms with E-state index in [2.05, 4.69) is 0 Å². The molecule has 0 saturated carbocycles. The largest absolute Gasteiger partial charge is 0.491 e. The van der Waals surface area contributed by atoms with Gasteiger partial charge in [0, 0.05) is 0 Å². The van der Waals surface area contributed by atoms with Gasteiger partial charge >= 0.3 is 0 Å². The summed E-state index contributed by atoms with van der Waals surface area (Å²) in [5, 5.41) is 0. The van der Waals surface area contributed by atoms with E-state index in [0.29, 0.717) is 32.5 Å². The second-order valence-electron chi connectivity index (χ2n) is 4.88. The molecule has 2 rings (SSSR count). The smallest absolute Gasteiger partial charge is 0.119 e. The first-order valence-corrected chi connectivity index (χ1v) is 6.77. The van der Waals surface area contributed by atoms with Gasteiger partial charge in [-0.2, -0.15) is 0 Å². The van der Waals surface area contributed by atoms with E-state index in [9.17, 15) is 0 Å². The zero-order valence-corrected chi connectivity index (χ0v) is 11.6. The van der Waals surface area contributed by atoms with E-state index in [1.807, 2.05) is 38.1 Å². The lowest BCUT2D eigenvalue weighted by Gasteiger charge is -2.09. The number of rotatable bonds is 9. The third-order valence-electron chi connectivity index (χ3n) is 2.71. The maximum Gasteiger partial charge on any atom is 0.119 e. The summed E-state index contributed by atoms with van der Waals surface area (Å²) < 4.78 is 21.6. The first-order chi connectivity index (χ1) is 9.24. The van der Waals surface area contributed by atoms with Crippen LogP contribution in [-0.4, -0.2) is 38.6 Å². The summed E-state index contributed by atoms with van der Waals surface area (Å²) in [4.78, 5) is 0. The van der Waals surface area contributed by atoms with Crippen LogP contribution in [0.4, 0.5) is 0 Å². The molecule has 0 radical (unpaired) electrons. The van der Waals surface area contributed by atoms with Gasteiger partial charge in [0.15, 0.2) is 0 Å². The minimum absolute atomic E-state index is 0.260. The normalized spacial score (nSPS) is 17.7. The molecule has 106 valence electrons. The zero-order chi connectivity index (χ0) is 13.5. The highest BCUT2D eigenvalue weighted by Gasteiger charge is 2.22. The van der Waals surface area contributed by atoms with E-state index in [0.717, 1.165) is 17.9 Å². The Kier molecular flexibility index (Phi) is 5.63. The van der Waals surface area contributed by atoms with Crippen LogP contribution >= 0.6 is 0 Å². The lowest BCUT2D eigenvalue weighted by atomic mass is 10.2. The van der Waals surface area contributed by atoms with Crippen molar-refractivity contribution < 1.29 is 18.9 Å². The van der Waals surface area contributed by atoms with Crippen molar-refractivity contribution >= 4 is 0 Å². The molecule has 1 aliphatic rings. The van der Waals surface area contributed by atoms with Crippen molar-refractivity contribution in [2.75, 3.05) is 26.4 Å². The van der Waals surface area contributed by atoms with E-state index in [1.165, 1.54) is 0 Å². The number of ether oxygens (including phenoxy) is 4. The first-order valence-electron chi connectivity index (χ1n) is 6.77. The van der Waals surface area contributed by atoms with Crippen LogP contribution in [0.3, 0.4) is 0 Å². The highest BCUT2D eigenvalue weighted by molar-refractivity contribution is 5.26. The summed E-state index contributed by atoms with van der Waals surface area (Å²) >= 11 is 0. The Hall–Kier alpha value is -1.10. The number of benzene rings is 1. The molecule has 0 aliphatic carbocycles. The lowest BCUT2D eigenvalue weighted by Crippen LogP contribution is -2.09. The zero-order valence-electron chi connectivity index (χ0n) is 11.6. The molecule has 1 atom stereocenters. The highest BCUT2D eigenvalue weighted by atomic mass is 16.6. The minimum Gasteiger partial charge on any atom is -0.491 e. The Bertz CT molecular complexity index is 357. The van der Waals surface area contributed by atoms with E-state index >= 15 is 0 Å². The van der Waals surface area contributed by atoms with Crippen molar-refractivity contribution in [3.63, 3.8) is 0 Å². The molecular formula is C15H22O4. The first kappa shape index (κ1) is 14.3. The Balaban J connectivity index is 1.60. The third kappa shape index (κ3) is 6.05. The molecule has 0 spiro atoms. The van der Waals surface area contributed by atoms with Gasteiger partial charge in [-0.1, -0.05) is 12.1 Å². The van der Waals surface area contributed by atoms with Crippen LogP contribution in [-0.2, 0) is 20.8 Å². The molecule has 1 fully saturated rings. The molecule has 0 aromatic heterocycles. The minimum atomic E-state index is 0.260. The van der Waals surface area contributed by atoms with Crippen molar-refractivity contribution in [2.24, 2.45) is 0 Å². The van der Waals surface area contributed by atoms with Gasteiger partial charge in [0.1, 0.15) is 18.5 Å². The van der Waals surface area contributed by atoms with Gasteiger partial charge in [0.2, 0.25) is 0 Å². The topological polar surface area (TPSA) is 40.2 Å². The van der Waals surface area contributed by atoms with Gasteiger partial charge in [0.25, 0.3) is 0 Å². The molecule has 4 heteroatoms. The van der Waals surface area contributed by atoms with E-state index in [1.54, 1.807) is 0 Å². The average Bonchev–Trinajstić information content (AvgIpc) is 3.21. The molecule has 1 aromatic carbocycles. The van der Waals surface area contributed by atoms with Crippen LogP contribution in [0.15, 0.2) is 24.3 Å². The predicted octanol–water partition coefficient (Wildman–Crippen LogP) is 2.41. The van der Waals surface area contributed by atoms with Gasteiger partial charge < -0.3 is 18.9 Å². The molecule has 0 amide bonds. The molecule has 0 N–H and O–H groups in total. The van der Waals surface area contributed by atoms with E-state index < -0.39 is 0 Å². The van der Waals surface area contributed by atoms with Crippen molar-refractivity contribution in [3.05, 3.63) is 29.8 Å². The van der Waals surface area contributed by atoms with Crippen LogP contribution in [0.2, 0.25) is 0 Å². The predicted molar refractivity (Wildman–Crippen MR) is 72.4 cm³/mol. The number of hydrogen-bond acceptors (Lipinski definition) is 4. The SMILES string of the molecule is CC(C)OCCOCc1ccc(OC[C@@H]2CO2)cc1. The summed E-state index contributed by atoms with van der Waals surface area (Å²) in [5.74, 6) is 0.877. The second kappa shape index (κ2) is 7.48. The number of epoxide rings is 1. The van der Waals surface area contributed by atoms with Gasteiger partial charge in [0.05, 0.1) is 32.5 Å². The van der Waals surface area contributed by atoms with Crippen LogP contribution in [0.5, 0.6) is 5.75 Å². The van der Waals surface area contributed by atoms with Gasteiger partial charge in [-0.25, -0.2) is 0 Å². The molecule has 1 heterocycles. The Morgan fingerprint density at radius 2 is 1.95 bits per heavy atom. The Morgan fingerprint density at radius 3 is 2.58 bits per heavy atom. The van der Waals surface area contributed by atoms with Crippen LogP contribution < -0.4 is 4.74 Å². The molecule has 19 heavy (non-hydrogen) atoms. The summed E-state index contributed by atoms with van der Waals surface area (Å²) in [5.41, 5.74) is 1.14. The summed E-state index contributed by atoms with van der Waals surface area (Å²) in [7, 11) is 0. The van der Waals surface area contributed by atoms with E-state index in [-0.39, 0.29) is 6.10 Å². The van der Waals surface area contributed by atoms with Crippen molar-refractivity contribution in [1.82, 2.24) is 0 Å². The standard InChI is InChI=1S/C15H22O4/c1-12(2)17-8-7-16-9-13-3-5-14(6-4-13)18-10-15-11-19-15/h3-6,12,15H,7-11H2,1-2H3/t15-/m1/s1. The molecule has 1 aliphatic heterocycles. The maximum atomic E-state index is 5.57. The van der Waals surface area contributed by atoms with Crippen LogP contribution in [0.25, 0.3) is 0 Å². The quantitative estimate of drug-likeness (QED) is 0.508. The monoisotopic (exact) mass is 266 g/mol. The fourth-order valence-electron chi connectivity index (χ4n) is 1.57. The van der Waals surface area contributed by atoms with Crippen molar-refractivity contribution in [3.8, 4) is 5.75 Å². The van der Waals surface area contributed by atoms with Crippen LogP contribution in [0.1, 0.15) is 19.4 Å². The molecule has 1 aromatic rings. The summed E-state index contributed by atoms with van der Waals surface area (Å²) in [6.07, 6.45) is 0.555. The third-order valence-corrected chi connectivity index (χ3v) is 2.71. The van der Waals surface area contributed by atoms with Crippen molar-refractivity contribution in [2.45, 2.75) is 32.7 Å². The molecule has 0 bridgehead atoms. The van der Waals surface area contributed by atoms with Crippen LogP contribution in [0, 0.1) is 0 Å². The lowest BCUT2D eigenvalue weighted by molar-refractivity contribution is 0.0143. The van der Waals surface area contributed by atoms with Gasteiger partial charge in [-0.05, 0) is 31.5 Å². The second-order valence-corrected chi connectivity index (χ2v) is 4.88. The number of hydrogen-bond donors (Lipinski definition) is 0.